The molecule has 0 aromatic heterocycles. The second-order valence-electron chi connectivity index (χ2n) is 5.71. The number of carbonyl (C=O) groups is 2. The topological polar surface area (TPSA) is 70.2 Å². The summed E-state index contributed by atoms with van der Waals surface area (Å²) in [6.45, 7) is 3.88. The normalized spacial score (nSPS) is 19.7. The number of anilines is 1. The zero-order chi connectivity index (χ0) is 17.8. The number of hydrogen-bond acceptors (Lipinski definition) is 3. The van der Waals surface area contributed by atoms with Crippen LogP contribution in [0.1, 0.15) is 11.6 Å². The molecule has 6 heteroatoms. The van der Waals surface area contributed by atoms with Crippen molar-refractivity contribution in [1.29, 1.82) is 0 Å². The molecule has 1 heterocycles. The molecule has 3 N–H and O–H groups in total. The van der Waals surface area contributed by atoms with Crippen LogP contribution in [0.4, 0.5) is 10.5 Å². The van der Waals surface area contributed by atoms with E-state index in [1.54, 1.807) is 11.8 Å². The summed E-state index contributed by atoms with van der Waals surface area (Å²) in [4.78, 5) is 25.8. The highest BCUT2D eigenvalue weighted by Gasteiger charge is 2.37. The van der Waals surface area contributed by atoms with Gasteiger partial charge in [0.1, 0.15) is 5.92 Å². The van der Waals surface area contributed by atoms with Crippen LogP contribution >= 0.6 is 11.8 Å². The minimum absolute atomic E-state index is 0.220. The third-order valence-corrected chi connectivity index (χ3v) is 4.81. The standard InChI is InChI=1S/C19H19N3O2S/c1-12-16(18(23)21-14-6-4-3-5-7-14)17(22-19(24)20-12)13-8-10-15(25-2)11-9-13/h3-11,16-17H,1H2,2H3,(H,21,23)(H2,20,22,24)/t16-,17-/m0/s1. The number of amides is 3. The van der Waals surface area contributed by atoms with E-state index in [-0.39, 0.29) is 11.9 Å². The van der Waals surface area contributed by atoms with E-state index in [9.17, 15) is 9.59 Å². The monoisotopic (exact) mass is 353 g/mol. The van der Waals surface area contributed by atoms with Gasteiger partial charge in [-0.05, 0) is 36.1 Å². The summed E-state index contributed by atoms with van der Waals surface area (Å²) >= 11 is 1.64. The lowest BCUT2D eigenvalue weighted by molar-refractivity contribution is -0.119. The van der Waals surface area contributed by atoms with Gasteiger partial charge >= 0.3 is 6.03 Å². The van der Waals surface area contributed by atoms with Gasteiger partial charge in [-0.15, -0.1) is 11.8 Å². The maximum Gasteiger partial charge on any atom is 0.319 e. The number of nitrogens with one attached hydrogen (secondary N) is 3. The van der Waals surface area contributed by atoms with E-state index in [4.69, 9.17) is 0 Å². The van der Waals surface area contributed by atoms with E-state index < -0.39 is 12.0 Å². The van der Waals surface area contributed by atoms with Gasteiger partial charge in [-0.2, -0.15) is 0 Å². The van der Waals surface area contributed by atoms with Crippen LogP contribution < -0.4 is 16.0 Å². The summed E-state index contributed by atoms with van der Waals surface area (Å²) in [5.74, 6) is -0.833. The molecule has 25 heavy (non-hydrogen) atoms. The minimum Gasteiger partial charge on any atom is -0.330 e. The zero-order valence-electron chi connectivity index (χ0n) is 13.8. The van der Waals surface area contributed by atoms with Gasteiger partial charge in [0.2, 0.25) is 5.91 Å². The molecular weight excluding hydrogens is 334 g/mol. The number of para-hydroxylation sites is 1. The molecule has 1 saturated heterocycles. The fourth-order valence-electron chi connectivity index (χ4n) is 2.82. The first-order chi connectivity index (χ1) is 12.1. The van der Waals surface area contributed by atoms with E-state index in [1.165, 1.54) is 0 Å². The van der Waals surface area contributed by atoms with Gasteiger partial charge in [0.15, 0.2) is 0 Å². The molecular formula is C19H19N3O2S. The number of thioether (sulfide) groups is 1. The molecule has 0 bridgehead atoms. The number of urea groups is 1. The largest absolute Gasteiger partial charge is 0.330 e. The number of rotatable bonds is 4. The van der Waals surface area contributed by atoms with Crippen molar-refractivity contribution in [2.24, 2.45) is 5.92 Å². The molecule has 128 valence electrons. The molecule has 2 atom stereocenters. The van der Waals surface area contributed by atoms with Crippen molar-refractivity contribution < 1.29 is 9.59 Å². The van der Waals surface area contributed by atoms with Crippen LogP contribution in [0.2, 0.25) is 0 Å². The van der Waals surface area contributed by atoms with E-state index in [2.05, 4.69) is 22.5 Å². The molecule has 0 saturated carbocycles. The molecule has 2 aromatic rings. The van der Waals surface area contributed by atoms with Crippen LogP contribution in [0.5, 0.6) is 0 Å². The Morgan fingerprint density at radius 1 is 1.12 bits per heavy atom. The van der Waals surface area contributed by atoms with Crippen LogP contribution in [0.25, 0.3) is 0 Å². The predicted octanol–water partition coefficient (Wildman–Crippen LogP) is 3.53. The molecule has 0 unspecified atom stereocenters. The van der Waals surface area contributed by atoms with Gasteiger partial charge in [-0.1, -0.05) is 36.9 Å². The van der Waals surface area contributed by atoms with Crippen molar-refractivity contribution in [1.82, 2.24) is 10.6 Å². The minimum atomic E-state index is -0.613. The van der Waals surface area contributed by atoms with Crippen LogP contribution in [0.15, 0.2) is 71.8 Å². The Kier molecular flexibility index (Phi) is 5.09. The van der Waals surface area contributed by atoms with Crippen molar-refractivity contribution in [3.05, 3.63) is 72.4 Å². The molecule has 0 radical (unpaired) electrons. The summed E-state index contributed by atoms with van der Waals surface area (Å²) in [5, 5.41) is 8.33. The Balaban J connectivity index is 1.88. The number of hydrogen-bond donors (Lipinski definition) is 3. The Labute approximate surface area is 150 Å². The highest BCUT2D eigenvalue weighted by molar-refractivity contribution is 7.98. The molecule has 1 fully saturated rings. The number of benzene rings is 2. The average molecular weight is 353 g/mol. The molecule has 0 aliphatic carbocycles. The lowest BCUT2D eigenvalue weighted by atomic mass is 9.88. The summed E-state index contributed by atoms with van der Waals surface area (Å²) in [6.07, 6.45) is 2.00. The fraction of sp³-hybridized carbons (Fsp3) is 0.158. The second-order valence-corrected chi connectivity index (χ2v) is 6.59. The summed E-state index contributed by atoms with van der Waals surface area (Å²) in [6, 6.07) is 16.2. The lowest BCUT2D eigenvalue weighted by Gasteiger charge is -2.34. The van der Waals surface area contributed by atoms with Crippen molar-refractivity contribution in [2.45, 2.75) is 10.9 Å². The first kappa shape index (κ1) is 17.1. The zero-order valence-corrected chi connectivity index (χ0v) is 14.6. The van der Waals surface area contributed by atoms with E-state index in [0.29, 0.717) is 11.4 Å². The third-order valence-electron chi connectivity index (χ3n) is 4.07. The molecule has 3 amide bonds. The van der Waals surface area contributed by atoms with E-state index >= 15 is 0 Å². The SMILES string of the molecule is C=C1NC(=O)N[C@@H](c2ccc(SC)cc2)[C@H]1C(=O)Nc1ccccc1. The molecule has 2 aromatic carbocycles. The van der Waals surface area contributed by atoms with Crippen molar-refractivity contribution in [3.63, 3.8) is 0 Å². The molecule has 5 nitrogen and oxygen atoms in total. The van der Waals surface area contributed by atoms with Crippen molar-refractivity contribution >= 4 is 29.4 Å². The van der Waals surface area contributed by atoms with Gasteiger partial charge in [-0.3, -0.25) is 4.79 Å². The molecule has 3 rings (SSSR count). The predicted molar refractivity (Wildman–Crippen MR) is 100 cm³/mol. The maximum atomic E-state index is 12.8. The van der Waals surface area contributed by atoms with E-state index in [0.717, 1.165) is 10.5 Å². The average Bonchev–Trinajstić information content (AvgIpc) is 2.62. The van der Waals surface area contributed by atoms with Gasteiger partial charge in [0, 0.05) is 16.3 Å². The third kappa shape index (κ3) is 3.85. The van der Waals surface area contributed by atoms with Crippen LogP contribution in [0, 0.1) is 5.92 Å². The molecule has 1 aliphatic heterocycles. The van der Waals surface area contributed by atoms with Crippen LogP contribution in [0.3, 0.4) is 0 Å². The lowest BCUT2D eigenvalue weighted by Crippen LogP contribution is -2.51. The van der Waals surface area contributed by atoms with E-state index in [1.807, 2.05) is 60.9 Å². The van der Waals surface area contributed by atoms with Crippen molar-refractivity contribution in [2.75, 3.05) is 11.6 Å². The summed E-state index contributed by atoms with van der Waals surface area (Å²) in [5.41, 5.74) is 1.95. The summed E-state index contributed by atoms with van der Waals surface area (Å²) < 4.78 is 0. The van der Waals surface area contributed by atoms with Gasteiger partial charge in [-0.25, -0.2) is 4.79 Å². The van der Waals surface area contributed by atoms with Gasteiger partial charge in [0.05, 0.1) is 6.04 Å². The van der Waals surface area contributed by atoms with Crippen LogP contribution in [-0.4, -0.2) is 18.2 Å². The Morgan fingerprint density at radius 2 is 1.80 bits per heavy atom. The fourth-order valence-corrected chi connectivity index (χ4v) is 3.23. The first-order valence-corrected chi connectivity index (χ1v) is 9.07. The first-order valence-electron chi connectivity index (χ1n) is 7.84. The highest BCUT2D eigenvalue weighted by Crippen LogP contribution is 2.31. The maximum absolute atomic E-state index is 12.8. The summed E-state index contributed by atoms with van der Waals surface area (Å²) in [7, 11) is 0. The number of carbonyl (C=O) groups excluding carboxylic acids is 2. The smallest absolute Gasteiger partial charge is 0.319 e. The highest BCUT2D eigenvalue weighted by atomic mass is 32.2. The van der Waals surface area contributed by atoms with Gasteiger partial charge < -0.3 is 16.0 Å². The Hall–Kier alpha value is -2.73. The molecule has 0 spiro atoms. The Morgan fingerprint density at radius 3 is 2.44 bits per heavy atom. The Bertz CT molecular complexity index is 790. The van der Waals surface area contributed by atoms with Crippen LogP contribution in [-0.2, 0) is 4.79 Å². The van der Waals surface area contributed by atoms with Gasteiger partial charge in [0.25, 0.3) is 0 Å². The second kappa shape index (κ2) is 7.44. The quantitative estimate of drug-likeness (QED) is 0.737. The van der Waals surface area contributed by atoms with Crippen molar-refractivity contribution in [3.8, 4) is 0 Å². The molecule has 1 aliphatic rings.